The smallest absolute Gasteiger partial charge is 0.0178 e. The molecule has 1 N–H and O–H groups in total. The van der Waals surface area contributed by atoms with Gasteiger partial charge < -0.3 is 5.32 Å². The van der Waals surface area contributed by atoms with Crippen molar-refractivity contribution in [1.82, 2.24) is 5.32 Å². The Hall–Kier alpha value is -0.340. The largest absolute Gasteiger partial charge is 0.319 e. The van der Waals surface area contributed by atoms with E-state index in [4.69, 9.17) is 0 Å². The minimum absolute atomic E-state index is 0.581. The fourth-order valence-electron chi connectivity index (χ4n) is 3.10. The van der Waals surface area contributed by atoms with Crippen LogP contribution in [-0.4, -0.2) is 13.6 Å². The van der Waals surface area contributed by atoms with Crippen molar-refractivity contribution in [2.24, 2.45) is 0 Å². The first-order valence-corrected chi connectivity index (χ1v) is 6.49. The number of benzene rings is 1. The molecule has 1 aromatic carbocycles. The van der Waals surface area contributed by atoms with Gasteiger partial charge in [-0.3, -0.25) is 0 Å². The quantitative estimate of drug-likeness (QED) is 0.866. The normalized spacial score (nSPS) is 25.6. The number of hydrogen-bond donors (Lipinski definition) is 1. The lowest BCUT2D eigenvalue weighted by Gasteiger charge is -2.10. The zero-order chi connectivity index (χ0) is 10.5. The van der Waals surface area contributed by atoms with Gasteiger partial charge in [0, 0.05) is 11.0 Å². The highest BCUT2D eigenvalue weighted by Crippen LogP contribution is 2.60. The van der Waals surface area contributed by atoms with Crippen molar-refractivity contribution in [2.45, 2.75) is 30.6 Å². The van der Waals surface area contributed by atoms with Crippen LogP contribution in [-0.2, 0) is 5.41 Å². The SMILES string of the molecule is CNCC1CC2(CC2)c2ccc(Br)cc21. The third kappa shape index (κ3) is 1.46. The van der Waals surface area contributed by atoms with E-state index in [-0.39, 0.29) is 0 Å². The summed E-state index contributed by atoms with van der Waals surface area (Å²) >= 11 is 3.58. The number of likely N-dealkylation sites (N-methyl/N-ethyl adjacent to an activating group) is 1. The van der Waals surface area contributed by atoms with Crippen molar-refractivity contribution in [1.29, 1.82) is 0 Å². The molecule has 15 heavy (non-hydrogen) atoms. The van der Waals surface area contributed by atoms with Crippen LogP contribution >= 0.6 is 15.9 Å². The van der Waals surface area contributed by atoms with E-state index in [9.17, 15) is 0 Å². The standard InChI is InChI=1S/C13H16BrN/c1-15-8-9-7-13(4-5-13)12-3-2-10(14)6-11(9)12/h2-3,6,9,15H,4-5,7-8H2,1H3. The molecule has 1 nitrogen and oxygen atoms in total. The zero-order valence-electron chi connectivity index (χ0n) is 9.02. The molecule has 3 rings (SSSR count). The molecule has 1 aromatic rings. The summed E-state index contributed by atoms with van der Waals surface area (Å²) < 4.78 is 1.22. The number of hydrogen-bond acceptors (Lipinski definition) is 1. The second-order valence-electron chi connectivity index (χ2n) is 4.97. The van der Waals surface area contributed by atoms with Crippen molar-refractivity contribution in [3.63, 3.8) is 0 Å². The van der Waals surface area contributed by atoms with Crippen LogP contribution in [0.15, 0.2) is 22.7 Å². The van der Waals surface area contributed by atoms with Gasteiger partial charge in [-0.2, -0.15) is 0 Å². The summed E-state index contributed by atoms with van der Waals surface area (Å²) in [6, 6.07) is 6.85. The van der Waals surface area contributed by atoms with E-state index in [1.165, 1.54) is 23.7 Å². The summed E-state index contributed by atoms with van der Waals surface area (Å²) in [6.45, 7) is 1.12. The summed E-state index contributed by atoms with van der Waals surface area (Å²) in [5.41, 5.74) is 3.79. The Morgan fingerprint density at radius 3 is 2.93 bits per heavy atom. The monoisotopic (exact) mass is 265 g/mol. The van der Waals surface area contributed by atoms with Crippen LogP contribution in [0.1, 0.15) is 36.3 Å². The number of fused-ring (bicyclic) bond motifs is 2. The lowest BCUT2D eigenvalue weighted by Crippen LogP contribution is -2.15. The van der Waals surface area contributed by atoms with Crippen LogP contribution in [0.2, 0.25) is 0 Å². The lowest BCUT2D eigenvalue weighted by atomic mass is 9.98. The van der Waals surface area contributed by atoms with Crippen LogP contribution in [0.5, 0.6) is 0 Å². The second-order valence-corrected chi connectivity index (χ2v) is 5.89. The molecule has 0 heterocycles. The average molecular weight is 266 g/mol. The molecule has 0 aromatic heterocycles. The highest BCUT2D eigenvalue weighted by molar-refractivity contribution is 9.10. The van der Waals surface area contributed by atoms with Gasteiger partial charge in [-0.05, 0) is 60.9 Å². The maximum Gasteiger partial charge on any atom is 0.0178 e. The molecular weight excluding hydrogens is 250 g/mol. The number of nitrogens with one attached hydrogen (secondary N) is 1. The van der Waals surface area contributed by atoms with Gasteiger partial charge in [0.15, 0.2) is 0 Å². The average Bonchev–Trinajstić information content (AvgIpc) is 2.91. The van der Waals surface area contributed by atoms with E-state index < -0.39 is 0 Å². The Morgan fingerprint density at radius 2 is 2.27 bits per heavy atom. The molecule has 2 aliphatic rings. The fraction of sp³-hybridized carbons (Fsp3) is 0.538. The molecule has 1 spiro atoms. The van der Waals surface area contributed by atoms with Gasteiger partial charge in [-0.15, -0.1) is 0 Å². The van der Waals surface area contributed by atoms with Crippen LogP contribution in [0.3, 0.4) is 0 Å². The van der Waals surface area contributed by atoms with Crippen molar-refractivity contribution >= 4 is 15.9 Å². The van der Waals surface area contributed by atoms with Crippen molar-refractivity contribution in [3.05, 3.63) is 33.8 Å². The number of halogens is 1. The summed E-state index contributed by atoms with van der Waals surface area (Å²) in [5, 5.41) is 3.32. The molecule has 0 saturated heterocycles. The van der Waals surface area contributed by atoms with E-state index in [1.807, 2.05) is 0 Å². The first-order valence-electron chi connectivity index (χ1n) is 5.70. The fourth-order valence-corrected chi connectivity index (χ4v) is 3.48. The van der Waals surface area contributed by atoms with Gasteiger partial charge in [-0.25, -0.2) is 0 Å². The van der Waals surface area contributed by atoms with Gasteiger partial charge >= 0.3 is 0 Å². The molecule has 1 fully saturated rings. The Bertz CT molecular complexity index is 396. The molecule has 1 unspecified atom stereocenters. The third-order valence-corrected chi connectivity index (χ3v) is 4.46. The van der Waals surface area contributed by atoms with E-state index in [1.54, 1.807) is 11.1 Å². The molecule has 1 atom stereocenters. The molecule has 0 bridgehead atoms. The van der Waals surface area contributed by atoms with Crippen LogP contribution in [0.25, 0.3) is 0 Å². The van der Waals surface area contributed by atoms with E-state index in [0.717, 1.165) is 12.5 Å². The Kier molecular flexibility index (Phi) is 2.18. The molecule has 80 valence electrons. The maximum absolute atomic E-state index is 3.58. The second kappa shape index (κ2) is 3.33. The van der Waals surface area contributed by atoms with E-state index in [2.05, 4.69) is 46.5 Å². The van der Waals surface area contributed by atoms with Crippen LogP contribution < -0.4 is 5.32 Å². The predicted octanol–water partition coefficient (Wildman–Crippen LogP) is 3.19. The molecule has 2 heteroatoms. The molecule has 0 radical (unpaired) electrons. The highest BCUT2D eigenvalue weighted by atomic mass is 79.9. The summed E-state index contributed by atoms with van der Waals surface area (Å²) in [4.78, 5) is 0. The summed E-state index contributed by atoms with van der Waals surface area (Å²) in [7, 11) is 2.05. The zero-order valence-corrected chi connectivity index (χ0v) is 10.6. The van der Waals surface area contributed by atoms with Gasteiger partial charge in [-0.1, -0.05) is 22.0 Å². The van der Waals surface area contributed by atoms with E-state index in [0.29, 0.717) is 5.41 Å². The van der Waals surface area contributed by atoms with Gasteiger partial charge in [0.1, 0.15) is 0 Å². The van der Waals surface area contributed by atoms with Gasteiger partial charge in [0.2, 0.25) is 0 Å². The predicted molar refractivity (Wildman–Crippen MR) is 66.3 cm³/mol. The van der Waals surface area contributed by atoms with Crippen molar-refractivity contribution in [3.8, 4) is 0 Å². The van der Waals surface area contributed by atoms with Crippen molar-refractivity contribution in [2.75, 3.05) is 13.6 Å². The Labute approximate surface area is 99.4 Å². The minimum atomic E-state index is 0.581. The first-order chi connectivity index (χ1) is 7.25. The Morgan fingerprint density at radius 1 is 1.47 bits per heavy atom. The summed E-state index contributed by atoms with van der Waals surface area (Å²) in [5.74, 6) is 0.727. The molecular formula is C13H16BrN. The first kappa shape index (κ1) is 9.86. The Balaban J connectivity index is 2.04. The highest BCUT2D eigenvalue weighted by Gasteiger charge is 2.51. The number of rotatable bonds is 2. The summed E-state index contributed by atoms with van der Waals surface area (Å²) in [6.07, 6.45) is 4.17. The topological polar surface area (TPSA) is 12.0 Å². The molecule has 0 amide bonds. The molecule has 0 aliphatic heterocycles. The van der Waals surface area contributed by atoms with Crippen LogP contribution in [0.4, 0.5) is 0 Å². The van der Waals surface area contributed by atoms with Gasteiger partial charge in [0.05, 0.1) is 0 Å². The van der Waals surface area contributed by atoms with Gasteiger partial charge in [0.25, 0.3) is 0 Å². The molecule has 2 aliphatic carbocycles. The maximum atomic E-state index is 3.58. The molecule has 1 saturated carbocycles. The van der Waals surface area contributed by atoms with Crippen LogP contribution in [0, 0.1) is 0 Å². The van der Waals surface area contributed by atoms with Crippen molar-refractivity contribution < 1.29 is 0 Å². The minimum Gasteiger partial charge on any atom is -0.319 e. The third-order valence-electron chi connectivity index (χ3n) is 3.97. The lowest BCUT2D eigenvalue weighted by molar-refractivity contribution is 0.555. The van der Waals surface area contributed by atoms with E-state index >= 15 is 0 Å².